The van der Waals surface area contributed by atoms with E-state index in [-0.39, 0.29) is 0 Å². The Morgan fingerprint density at radius 3 is 3.00 bits per heavy atom. The fourth-order valence-corrected chi connectivity index (χ4v) is 1.91. The van der Waals surface area contributed by atoms with Crippen LogP contribution in [0, 0.1) is 5.92 Å². The van der Waals surface area contributed by atoms with E-state index < -0.39 is 0 Å². The zero-order valence-electron chi connectivity index (χ0n) is 13.2. The van der Waals surface area contributed by atoms with E-state index in [0.717, 1.165) is 44.0 Å². The molecular formula is C14H26N6O. The molecule has 1 aliphatic carbocycles. The maximum atomic E-state index is 5.68. The molecule has 0 spiro atoms. The number of ether oxygens (including phenoxy) is 1. The molecule has 1 fully saturated rings. The van der Waals surface area contributed by atoms with Crippen molar-refractivity contribution in [2.24, 2.45) is 18.0 Å². The molecule has 7 heteroatoms. The summed E-state index contributed by atoms with van der Waals surface area (Å²) >= 11 is 0. The van der Waals surface area contributed by atoms with Gasteiger partial charge in [0.25, 0.3) is 0 Å². The van der Waals surface area contributed by atoms with Crippen molar-refractivity contribution in [2.75, 3.05) is 33.4 Å². The molecule has 1 heterocycles. The Morgan fingerprint density at radius 1 is 1.57 bits per heavy atom. The summed E-state index contributed by atoms with van der Waals surface area (Å²) in [5.41, 5.74) is 0. The number of aryl methyl sites for hydroxylation is 1. The van der Waals surface area contributed by atoms with E-state index in [0.29, 0.717) is 6.54 Å². The number of guanidine groups is 1. The molecule has 2 rings (SSSR count). The number of rotatable bonds is 8. The first kappa shape index (κ1) is 15.8. The molecule has 0 amide bonds. The normalized spacial score (nSPS) is 15.3. The van der Waals surface area contributed by atoms with Crippen molar-refractivity contribution in [2.45, 2.75) is 26.3 Å². The molecule has 7 nitrogen and oxygen atoms in total. The van der Waals surface area contributed by atoms with Crippen molar-refractivity contribution in [1.29, 1.82) is 0 Å². The Bertz CT molecular complexity index is 454. The van der Waals surface area contributed by atoms with Gasteiger partial charge in [-0.15, -0.1) is 10.2 Å². The maximum absolute atomic E-state index is 5.68. The molecular weight excluding hydrogens is 268 g/mol. The van der Waals surface area contributed by atoms with Crippen molar-refractivity contribution in [1.82, 2.24) is 25.0 Å². The Balaban J connectivity index is 1.79. The van der Waals surface area contributed by atoms with Gasteiger partial charge in [-0.05, 0) is 25.7 Å². The van der Waals surface area contributed by atoms with E-state index in [4.69, 9.17) is 4.74 Å². The van der Waals surface area contributed by atoms with Gasteiger partial charge in [-0.25, -0.2) is 4.99 Å². The second kappa shape index (κ2) is 7.97. The average molecular weight is 294 g/mol. The SMILES string of the molecule is CCNC(=NCc1nncn1C)N(C)CCOCC1CC1. The second-order valence-corrected chi connectivity index (χ2v) is 5.47. The first-order chi connectivity index (χ1) is 10.2. The summed E-state index contributed by atoms with van der Waals surface area (Å²) in [5, 5.41) is 11.2. The Morgan fingerprint density at radius 2 is 2.38 bits per heavy atom. The largest absolute Gasteiger partial charge is 0.379 e. The summed E-state index contributed by atoms with van der Waals surface area (Å²) in [6.07, 6.45) is 4.35. The van der Waals surface area contributed by atoms with Crippen LogP contribution in [0.2, 0.25) is 0 Å². The van der Waals surface area contributed by atoms with Gasteiger partial charge >= 0.3 is 0 Å². The lowest BCUT2D eigenvalue weighted by Crippen LogP contribution is -2.40. The minimum atomic E-state index is 0.520. The van der Waals surface area contributed by atoms with Gasteiger partial charge < -0.3 is 19.5 Å². The molecule has 21 heavy (non-hydrogen) atoms. The van der Waals surface area contributed by atoms with Gasteiger partial charge in [-0.1, -0.05) is 0 Å². The zero-order chi connectivity index (χ0) is 15.1. The van der Waals surface area contributed by atoms with Crippen LogP contribution in [-0.2, 0) is 18.3 Å². The minimum Gasteiger partial charge on any atom is -0.379 e. The van der Waals surface area contributed by atoms with Crippen molar-refractivity contribution in [3.63, 3.8) is 0 Å². The fraction of sp³-hybridized carbons (Fsp3) is 0.786. The molecule has 0 aromatic carbocycles. The van der Waals surface area contributed by atoms with E-state index >= 15 is 0 Å². The standard InChI is InChI=1S/C14H26N6O/c1-4-15-14(16-9-13-18-17-11-20(13)3)19(2)7-8-21-10-12-5-6-12/h11-12H,4-10H2,1-3H3,(H,15,16). The minimum absolute atomic E-state index is 0.520. The number of aliphatic imine (C=N–C) groups is 1. The van der Waals surface area contributed by atoms with Gasteiger partial charge in [0.1, 0.15) is 12.9 Å². The number of nitrogens with zero attached hydrogens (tertiary/aromatic N) is 5. The predicted molar refractivity (Wildman–Crippen MR) is 82.0 cm³/mol. The molecule has 0 atom stereocenters. The van der Waals surface area contributed by atoms with Crippen LogP contribution in [0.25, 0.3) is 0 Å². The summed E-state index contributed by atoms with van der Waals surface area (Å²) in [6, 6.07) is 0. The number of hydrogen-bond donors (Lipinski definition) is 1. The highest BCUT2D eigenvalue weighted by atomic mass is 16.5. The van der Waals surface area contributed by atoms with Crippen molar-refractivity contribution in [3.8, 4) is 0 Å². The molecule has 0 unspecified atom stereocenters. The van der Waals surface area contributed by atoms with Crippen LogP contribution in [0.4, 0.5) is 0 Å². The molecule has 118 valence electrons. The summed E-state index contributed by atoms with van der Waals surface area (Å²) in [7, 11) is 3.95. The fourth-order valence-electron chi connectivity index (χ4n) is 1.91. The Labute approximate surface area is 126 Å². The van der Waals surface area contributed by atoms with E-state index in [1.54, 1.807) is 6.33 Å². The van der Waals surface area contributed by atoms with Crippen LogP contribution in [0.5, 0.6) is 0 Å². The second-order valence-electron chi connectivity index (χ2n) is 5.47. The van der Waals surface area contributed by atoms with Gasteiger partial charge in [-0.2, -0.15) is 0 Å². The number of aromatic nitrogens is 3. The zero-order valence-corrected chi connectivity index (χ0v) is 13.2. The van der Waals surface area contributed by atoms with E-state index in [1.165, 1.54) is 12.8 Å². The quantitative estimate of drug-likeness (QED) is 0.433. The van der Waals surface area contributed by atoms with Gasteiger partial charge in [0.2, 0.25) is 0 Å². The summed E-state index contributed by atoms with van der Waals surface area (Å²) < 4.78 is 7.56. The number of hydrogen-bond acceptors (Lipinski definition) is 4. The average Bonchev–Trinajstić information content (AvgIpc) is 3.21. The summed E-state index contributed by atoms with van der Waals surface area (Å²) in [6.45, 7) is 5.89. The first-order valence-electron chi connectivity index (χ1n) is 7.60. The van der Waals surface area contributed by atoms with Crippen LogP contribution in [0.1, 0.15) is 25.6 Å². The third-order valence-electron chi connectivity index (χ3n) is 3.49. The lowest BCUT2D eigenvalue weighted by atomic mass is 10.5. The van der Waals surface area contributed by atoms with Crippen LogP contribution < -0.4 is 5.32 Å². The van der Waals surface area contributed by atoms with Crippen LogP contribution >= 0.6 is 0 Å². The van der Waals surface area contributed by atoms with Gasteiger partial charge in [0.15, 0.2) is 11.8 Å². The Hall–Kier alpha value is -1.63. The van der Waals surface area contributed by atoms with E-state index in [1.807, 2.05) is 18.7 Å². The molecule has 1 aromatic heterocycles. The van der Waals surface area contributed by atoms with Crippen LogP contribution in [0.15, 0.2) is 11.3 Å². The van der Waals surface area contributed by atoms with Gasteiger partial charge in [-0.3, -0.25) is 0 Å². The highest BCUT2D eigenvalue weighted by Gasteiger charge is 2.21. The van der Waals surface area contributed by atoms with E-state index in [2.05, 4.69) is 32.3 Å². The Kier molecular flexibility index (Phi) is 5.98. The summed E-state index contributed by atoms with van der Waals surface area (Å²) in [4.78, 5) is 6.69. The smallest absolute Gasteiger partial charge is 0.194 e. The van der Waals surface area contributed by atoms with Crippen molar-refractivity contribution in [3.05, 3.63) is 12.2 Å². The molecule has 0 bridgehead atoms. The molecule has 0 radical (unpaired) electrons. The van der Waals surface area contributed by atoms with Crippen LogP contribution in [-0.4, -0.2) is 59.0 Å². The van der Waals surface area contributed by atoms with Crippen molar-refractivity contribution < 1.29 is 4.74 Å². The van der Waals surface area contributed by atoms with Crippen LogP contribution in [0.3, 0.4) is 0 Å². The molecule has 0 aliphatic heterocycles. The monoisotopic (exact) mass is 294 g/mol. The molecule has 1 aromatic rings. The van der Waals surface area contributed by atoms with E-state index in [9.17, 15) is 0 Å². The highest BCUT2D eigenvalue weighted by molar-refractivity contribution is 5.79. The number of nitrogens with one attached hydrogen (secondary N) is 1. The number of likely N-dealkylation sites (N-methyl/N-ethyl adjacent to an activating group) is 1. The summed E-state index contributed by atoms with van der Waals surface area (Å²) in [5.74, 6) is 2.53. The molecule has 1 aliphatic rings. The third-order valence-corrected chi connectivity index (χ3v) is 3.49. The topological polar surface area (TPSA) is 67.6 Å². The third kappa shape index (κ3) is 5.34. The maximum Gasteiger partial charge on any atom is 0.194 e. The first-order valence-corrected chi connectivity index (χ1v) is 7.60. The molecule has 1 N–H and O–H groups in total. The molecule has 0 saturated heterocycles. The van der Waals surface area contributed by atoms with Crippen molar-refractivity contribution >= 4 is 5.96 Å². The predicted octanol–water partition coefficient (Wildman–Crippen LogP) is 0.639. The lowest BCUT2D eigenvalue weighted by molar-refractivity contribution is 0.115. The van der Waals surface area contributed by atoms with Gasteiger partial charge in [0.05, 0.1) is 6.61 Å². The molecule has 1 saturated carbocycles. The lowest BCUT2D eigenvalue weighted by Gasteiger charge is -2.21. The highest BCUT2D eigenvalue weighted by Crippen LogP contribution is 2.28. The van der Waals surface area contributed by atoms with Gasteiger partial charge in [0, 0.05) is 33.8 Å².